The van der Waals surface area contributed by atoms with E-state index in [0.717, 1.165) is 24.0 Å². The minimum Gasteiger partial charge on any atom is -0.507 e. The van der Waals surface area contributed by atoms with Gasteiger partial charge in [0.25, 0.3) is 0 Å². The van der Waals surface area contributed by atoms with Gasteiger partial charge in [0.05, 0.1) is 0 Å². The highest BCUT2D eigenvalue weighted by Crippen LogP contribution is 2.37. The van der Waals surface area contributed by atoms with Crippen LogP contribution in [0.4, 0.5) is 0 Å². The van der Waals surface area contributed by atoms with Crippen molar-refractivity contribution in [3.8, 4) is 5.75 Å². The molecule has 1 aromatic rings. The van der Waals surface area contributed by atoms with E-state index in [4.69, 9.17) is 4.99 Å². The van der Waals surface area contributed by atoms with E-state index in [0.29, 0.717) is 17.7 Å². The first kappa shape index (κ1) is 22.0. The Morgan fingerprint density at radius 1 is 0.926 bits per heavy atom. The number of rotatable bonds is 5. The molecule has 152 valence electrons. The third-order valence-corrected chi connectivity index (χ3v) is 6.23. The van der Waals surface area contributed by atoms with Crippen LogP contribution in [0.25, 0.3) is 0 Å². The van der Waals surface area contributed by atoms with Crippen molar-refractivity contribution in [1.82, 2.24) is 0 Å². The molecular formula is C25H41NO. The van der Waals surface area contributed by atoms with Gasteiger partial charge in [-0.1, -0.05) is 77.7 Å². The Kier molecular flexibility index (Phi) is 9.94. The predicted octanol–water partition coefficient (Wildman–Crippen LogP) is 7.70. The lowest BCUT2D eigenvalue weighted by Gasteiger charge is -2.21. The maximum absolute atomic E-state index is 11.0. The maximum Gasteiger partial charge on any atom is 0.127 e. The highest BCUT2D eigenvalue weighted by Gasteiger charge is 2.18. The van der Waals surface area contributed by atoms with Crippen molar-refractivity contribution in [3.05, 3.63) is 28.8 Å². The molecular weight excluding hydrogens is 330 g/mol. The Morgan fingerprint density at radius 2 is 1.44 bits per heavy atom. The van der Waals surface area contributed by atoms with E-state index in [2.05, 4.69) is 32.9 Å². The van der Waals surface area contributed by atoms with E-state index in [9.17, 15) is 5.11 Å². The summed E-state index contributed by atoms with van der Waals surface area (Å²) in [6, 6.07) is 4.66. The summed E-state index contributed by atoms with van der Waals surface area (Å²) in [5.74, 6) is 0.969. The molecule has 0 amide bonds. The van der Waals surface area contributed by atoms with Crippen LogP contribution < -0.4 is 0 Å². The first-order valence-electron chi connectivity index (χ1n) is 11.5. The molecule has 1 aliphatic carbocycles. The summed E-state index contributed by atoms with van der Waals surface area (Å²) in [7, 11) is 0. The largest absolute Gasteiger partial charge is 0.507 e. The van der Waals surface area contributed by atoms with Crippen molar-refractivity contribution >= 4 is 6.21 Å². The molecule has 1 aromatic carbocycles. The zero-order chi connectivity index (χ0) is 19.5. The van der Waals surface area contributed by atoms with Gasteiger partial charge in [-0.25, -0.2) is 0 Å². The van der Waals surface area contributed by atoms with Crippen LogP contribution >= 0.6 is 0 Å². The second-order valence-electron chi connectivity index (χ2n) is 8.50. The van der Waals surface area contributed by atoms with Gasteiger partial charge in [-0.3, -0.25) is 4.99 Å². The van der Waals surface area contributed by atoms with Crippen LogP contribution in [0.5, 0.6) is 5.75 Å². The van der Waals surface area contributed by atoms with Gasteiger partial charge in [0.15, 0.2) is 0 Å². The molecule has 0 heterocycles. The van der Waals surface area contributed by atoms with E-state index in [1.165, 1.54) is 76.2 Å². The van der Waals surface area contributed by atoms with Crippen molar-refractivity contribution in [2.24, 2.45) is 4.99 Å². The van der Waals surface area contributed by atoms with Gasteiger partial charge in [-0.05, 0) is 55.7 Å². The number of nitrogens with zero attached hydrogens (tertiary/aromatic N) is 1. The average Bonchev–Trinajstić information content (AvgIpc) is 2.65. The van der Waals surface area contributed by atoms with Crippen LogP contribution in [0, 0.1) is 6.92 Å². The number of benzene rings is 1. The first-order valence-corrected chi connectivity index (χ1v) is 11.5. The van der Waals surface area contributed by atoms with Gasteiger partial charge < -0.3 is 5.11 Å². The molecule has 0 unspecified atom stereocenters. The summed E-state index contributed by atoms with van der Waals surface area (Å²) in [5.41, 5.74) is 3.31. The number of hydrogen-bond acceptors (Lipinski definition) is 2. The zero-order valence-corrected chi connectivity index (χ0v) is 18.0. The fourth-order valence-electron chi connectivity index (χ4n) is 4.40. The zero-order valence-electron chi connectivity index (χ0n) is 18.0. The summed E-state index contributed by atoms with van der Waals surface area (Å²) in [6.07, 6.45) is 18.7. The molecule has 0 atom stereocenters. The third-order valence-electron chi connectivity index (χ3n) is 6.23. The lowest BCUT2D eigenvalue weighted by molar-refractivity contribution is 0.432. The Morgan fingerprint density at radius 3 is 1.96 bits per heavy atom. The van der Waals surface area contributed by atoms with Gasteiger partial charge in [0.1, 0.15) is 5.75 Å². The molecule has 0 saturated heterocycles. The van der Waals surface area contributed by atoms with E-state index < -0.39 is 0 Å². The van der Waals surface area contributed by atoms with Crippen molar-refractivity contribution < 1.29 is 5.11 Å². The van der Waals surface area contributed by atoms with Gasteiger partial charge >= 0.3 is 0 Å². The molecule has 1 fully saturated rings. The van der Waals surface area contributed by atoms with Crippen molar-refractivity contribution in [3.63, 3.8) is 0 Å². The molecule has 0 bridgehead atoms. The molecule has 2 heteroatoms. The summed E-state index contributed by atoms with van der Waals surface area (Å²) < 4.78 is 0. The Bertz CT molecular complexity index is 562. The highest BCUT2D eigenvalue weighted by atomic mass is 16.3. The van der Waals surface area contributed by atoms with Crippen molar-refractivity contribution in [2.75, 3.05) is 0 Å². The number of aryl methyl sites for hydroxylation is 1. The number of aliphatic imine (C=N–C) groups is 1. The quantitative estimate of drug-likeness (QED) is 0.528. The summed E-state index contributed by atoms with van der Waals surface area (Å²) in [4.78, 5) is 4.72. The molecule has 0 aromatic heterocycles. The Balaban J connectivity index is 2.19. The summed E-state index contributed by atoms with van der Waals surface area (Å²) in [5, 5.41) is 11.0. The molecule has 0 radical (unpaired) electrons. The topological polar surface area (TPSA) is 32.6 Å². The van der Waals surface area contributed by atoms with Gasteiger partial charge in [-0.15, -0.1) is 0 Å². The van der Waals surface area contributed by atoms with Crippen LogP contribution in [0.1, 0.15) is 120 Å². The molecule has 1 aliphatic rings. The average molecular weight is 372 g/mol. The maximum atomic E-state index is 11.0. The Hall–Kier alpha value is -1.31. The fourth-order valence-corrected chi connectivity index (χ4v) is 4.40. The van der Waals surface area contributed by atoms with E-state index in [1.54, 1.807) is 0 Å². The molecule has 0 spiro atoms. The van der Waals surface area contributed by atoms with Crippen molar-refractivity contribution in [1.29, 1.82) is 0 Å². The standard InChI is InChI=1S/C25H41NO/c1-4-23(5-2)26-19-22-17-20(3)18-24(25(22)27)21-15-13-11-9-7-6-8-10-12-14-16-21/h17-19,21,23,27H,4-16H2,1-3H3. The molecule has 27 heavy (non-hydrogen) atoms. The number of aromatic hydroxyl groups is 1. The SMILES string of the molecule is CCC(CC)N=Cc1cc(C)cc(C2CCCCCCCCCCC2)c1O. The fraction of sp³-hybridized carbons (Fsp3) is 0.720. The monoisotopic (exact) mass is 371 g/mol. The van der Waals surface area contributed by atoms with Crippen LogP contribution in [0.2, 0.25) is 0 Å². The molecule has 1 saturated carbocycles. The van der Waals surface area contributed by atoms with Crippen LogP contribution in [-0.2, 0) is 0 Å². The second-order valence-corrected chi connectivity index (χ2v) is 8.50. The van der Waals surface area contributed by atoms with Crippen LogP contribution in [0.3, 0.4) is 0 Å². The minimum absolute atomic E-state index is 0.356. The Labute approximate surface area is 167 Å². The molecule has 0 aliphatic heterocycles. The normalized spacial score (nSPS) is 18.5. The minimum atomic E-state index is 0.356. The second kappa shape index (κ2) is 12.2. The predicted molar refractivity (Wildman–Crippen MR) is 118 cm³/mol. The third kappa shape index (κ3) is 7.31. The smallest absolute Gasteiger partial charge is 0.127 e. The summed E-state index contributed by atoms with van der Waals surface area (Å²) >= 11 is 0. The number of hydrogen-bond donors (Lipinski definition) is 1. The molecule has 1 N–H and O–H groups in total. The van der Waals surface area contributed by atoms with Gasteiger partial charge in [0.2, 0.25) is 0 Å². The van der Waals surface area contributed by atoms with Crippen LogP contribution in [-0.4, -0.2) is 17.4 Å². The van der Waals surface area contributed by atoms with E-state index in [1.807, 2.05) is 6.21 Å². The highest BCUT2D eigenvalue weighted by molar-refractivity contribution is 5.84. The molecule has 2 nitrogen and oxygen atoms in total. The number of phenols is 1. The van der Waals surface area contributed by atoms with E-state index in [-0.39, 0.29) is 0 Å². The number of phenolic OH excluding ortho intramolecular Hbond substituents is 1. The van der Waals surface area contributed by atoms with Gasteiger partial charge in [0, 0.05) is 17.8 Å². The lowest BCUT2D eigenvalue weighted by Crippen LogP contribution is -2.04. The lowest BCUT2D eigenvalue weighted by atomic mass is 9.85. The van der Waals surface area contributed by atoms with Crippen LogP contribution in [0.15, 0.2) is 17.1 Å². The van der Waals surface area contributed by atoms with Gasteiger partial charge in [-0.2, -0.15) is 0 Å². The first-order chi connectivity index (χ1) is 13.2. The molecule has 2 rings (SSSR count). The summed E-state index contributed by atoms with van der Waals surface area (Å²) in [6.45, 7) is 6.50. The van der Waals surface area contributed by atoms with E-state index >= 15 is 0 Å². The van der Waals surface area contributed by atoms with Crippen molar-refractivity contribution in [2.45, 2.75) is 116 Å².